The molecule has 0 bridgehead atoms. The minimum absolute atomic E-state index is 0.580. The van der Waals surface area contributed by atoms with Crippen LogP contribution in [0.25, 0.3) is 0 Å². The third-order valence-corrected chi connectivity index (χ3v) is 2.57. The zero-order chi connectivity index (χ0) is 11.5. The highest BCUT2D eigenvalue weighted by Crippen LogP contribution is 2.17. The van der Waals surface area contributed by atoms with E-state index in [2.05, 4.69) is 25.7 Å². The van der Waals surface area contributed by atoms with Crippen LogP contribution in [0.2, 0.25) is 0 Å². The fourth-order valence-electron chi connectivity index (χ4n) is 1.25. The SMILES string of the molecule is Cc1cc(C#N)cc(Nc2nc(C)ns2)n1. The van der Waals surface area contributed by atoms with E-state index < -0.39 is 0 Å². The topological polar surface area (TPSA) is 74.5 Å². The summed E-state index contributed by atoms with van der Waals surface area (Å²) in [5.41, 5.74) is 1.37. The highest BCUT2D eigenvalue weighted by molar-refractivity contribution is 7.09. The zero-order valence-corrected chi connectivity index (χ0v) is 9.67. The van der Waals surface area contributed by atoms with Gasteiger partial charge in [-0.25, -0.2) is 9.97 Å². The summed E-state index contributed by atoms with van der Waals surface area (Å²) in [6.45, 7) is 3.67. The Morgan fingerprint density at radius 3 is 2.75 bits per heavy atom. The summed E-state index contributed by atoms with van der Waals surface area (Å²) in [6.07, 6.45) is 0. The van der Waals surface area contributed by atoms with Gasteiger partial charge in [-0.3, -0.25) is 0 Å². The van der Waals surface area contributed by atoms with Gasteiger partial charge in [-0.2, -0.15) is 9.64 Å². The zero-order valence-electron chi connectivity index (χ0n) is 8.85. The molecule has 2 aromatic rings. The lowest BCUT2D eigenvalue weighted by atomic mass is 10.2. The lowest BCUT2D eigenvalue weighted by Crippen LogP contribution is -1.95. The second-order valence-electron chi connectivity index (χ2n) is 3.27. The van der Waals surface area contributed by atoms with Gasteiger partial charge >= 0.3 is 0 Å². The largest absolute Gasteiger partial charge is 0.315 e. The number of hydrogen-bond donors (Lipinski definition) is 1. The molecule has 2 rings (SSSR count). The monoisotopic (exact) mass is 231 g/mol. The molecule has 0 spiro atoms. The number of aromatic nitrogens is 3. The fourth-order valence-corrected chi connectivity index (χ4v) is 1.84. The standard InChI is InChI=1S/C10H9N5S/c1-6-3-8(5-11)4-9(12-6)14-10-13-7(2)15-16-10/h3-4H,1-2H3,(H,12,13,14,15). The highest BCUT2D eigenvalue weighted by Gasteiger charge is 2.03. The molecule has 0 saturated carbocycles. The minimum atomic E-state index is 0.580. The molecule has 0 aliphatic carbocycles. The molecule has 0 aliphatic rings. The number of rotatable bonds is 2. The number of nitrogens with zero attached hydrogens (tertiary/aromatic N) is 4. The van der Waals surface area contributed by atoms with Crippen LogP contribution in [0.4, 0.5) is 10.9 Å². The van der Waals surface area contributed by atoms with Gasteiger partial charge in [0.25, 0.3) is 0 Å². The summed E-state index contributed by atoms with van der Waals surface area (Å²) in [7, 11) is 0. The maximum absolute atomic E-state index is 8.83. The van der Waals surface area contributed by atoms with E-state index in [-0.39, 0.29) is 0 Å². The Morgan fingerprint density at radius 1 is 1.31 bits per heavy atom. The van der Waals surface area contributed by atoms with E-state index >= 15 is 0 Å². The first-order valence-electron chi connectivity index (χ1n) is 4.63. The maximum atomic E-state index is 8.83. The van der Waals surface area contributed by atoms with Gasteiger partial charge in [0.05, 0.1) is 11.6 Å². The van der Waals surface area contributed by atoms with Crippen molar-refractivity contribution in [3.8, 4) is 6.07 Å². The predicted molar refractivity (Wildman–Crippen MR) is 61.6 cm³/mol. The summed E-state index contributed by atoms with van der Waals surface area (Å²) in [4.78, 5) is 8.43. The van der Waals surface area contributed by atoms with Crippen molar-refractivity contribution in [2.75, 3.05) is 5.32 Å². The van der Waals surface area contributed by atoms with Gasteiger partial charge in [0.1, 0.15) is 11.6 Å². The van der Waals surface area contributed by atoms with Crippen LogP contribution >= 0.6 is 11.5 Å². The van der Waals surface area contributed by atoms with Crippen molar-refractivity contribution in [1.82, 2.24) is 14.3 Å². The van der Waals surface area contributed by atoms with Gasteiger partial charge in [0.2, 0.25) is 5.13 Å². The number of anilines is 2. The molecule has 0 saturated heterocycles. The third kappa shape index (κ3) is 2.32. The molecular formula is C10H9N5S. The third-order valence-electron chi connectivity index (χ3n) is 1.85. The average molecular weight is 231 g/mol. The first kappa shape index (κ1) is 10.5. The molecule has 5 nitrogen and oxygen atoms in total. The Kier molecular flexibility index (Phi) is 2.79. The number of aryl methyl sites for hydroxylation is 2. The molecule has 0 unspecified atom stereocenters. The predicted octanol–water partition coefficient (Wildman–Crippen LogP) is 2.17. The number of nitrogens with one attached hydrogen (secondary N) is 1. The molecule has 0 aliphatic heterocycles. The molecule has 80 valence electrons. The van der Waals surface area contributed by atoms with E-state index in [1.807, 2.05) is 13.8 Å². The average Bonchev–Trinajstić information content (AvgIpc) is 2.63. The number of nitriles is 1. The second kappa shape index (κ2) is 4.24. The molecular weight excluding hydrogens is 222 g/mol. The van der Waals surface area contributed by atoms with Gasteiger partial charge in [0.15, 0.2) is 0 Å². The molecule has 0 atom stereocenters. The van der Waals surface area contributed by atoms with Crippen molar-refractivity contribution >= 4 is 22.5 Å². The molecule has 2 heterocycles. The molecule has 0 aromatic carbocycles. The van der Waals surface area contributed by atoms with E-state index in [1.165, 1.54) is 11.5 Å². The van der Waals surface area contributed by atoms with Gasteiger partial charge in [-0.1, -0.05) is 0 Å². The first-order valence-corrected chi connectivity index (χ1v) is 5.41. The molecule has 16 heavy (non-hydrogen) atoms. The van der Waals surface area contributed by atoms with Crippen LogP contribution in [0.3, 0.4) is 0 Å². The molecule has 6 heteroatoms. The van der Waals surface area contributed by atoms with Crippen molar-refractivity contribution in [2.24, 2.45) is 0 Å². The van der Waals surface area contributed by atoms with Gasteiger partial charge in [-0.15, -0.1) is 0 Å². The molecule has 0 fully saturated rings. The summed E-state index contributed by atoms with van der Waals surface area (Å²) in [5.74, 6) is 1.34. The maximum Gasteiger partial charge on any atom is 0.208 e. The van der Waals surface area contributed by atoms with Crippen LogP contribution < -0.4 is 5.32 Å². The lowest BCUT2D eigenvalue weighted by molar-refractivity contribution is 1.15. The highest BCUT2D eigenvalue weighted by atomic mass is 32.1. The van der Waals surface area contributed by atoms with Crippen LogP contribution in [0.5, 0.6) is 0 Å². The van der Waals surface area contributed by atoms with Crippen LogP contribution in [0.1, 0.15) is 17.1 Å². The van der Waals surface area contributed by atoms with Crippen LogP contribution in [0.15, 0.2) is 12.1 Å². The van der Waals surface area contributed by atoms with Gasteiger partial charge in [0, 0.05) is 17.2 Å². The van der Waals surface area contributed by atoms with Crippen molar-refractivity contribution in [2.45, 2.75) is 13.8 Å². The molecule has 1 N–H and O–H groups in total. The second-order valence-corrected chi connectivity index (χ2v) is 4.02. The van der Waals surface area contributed by atoms with Crippen LogP contribution in [-0.2, 0) is 0 Å². The Balaban J connectivity index is 2.28. The quantitative estimate of drug-likeness (QED) is 0.857. The minimum Gasteiger partial charge on any atom is -0.315 e. The number of pyridine rings is 1. The van der Waals surface area contributed by atoms with Crippen LogP contribution in [0, 0.1) is 25.2 Å². The van der Waals surface area contributed by atoms with E-state index in [0.717, 1.165) is 11.5 Å². The van der Waals surface area contributed by atoms with Gasteiger partial charge < -0.3 is 5.32 Å². The normalized spacial score (nSPS) is 9.81. The molecule has 2 aromatic heterocycles. The van der Waals surface area contributed by atoms with Crippen molar-refractivity contribution in [1.29, 1.82) is 5.26 Å². The molecule has 0 amide bonds. The number of hydrogen-bond acceptors (Lipinski definition) is 6. The Labute approximate surface area is 97.0 Å². The first-order chi connectivity index (χ1) is 7.67. The van der Waals surface area contributed by atoms with Crippen molar-refractivity contribution in [3.63, 3.8) is 0 Å². The van der Waals surface area contributed by atoms with Crippen LogP contribution in [-0.4, -0.2) is 14.3 Å². The van der Waals surface area contributed by atoms with E-state index in [4.69, 9.17) is 5.26 Å². The Morgan fingerprint density at radius 2 is 2.12 bits per heavy atom. The van der Waals surface area contributed by atoms with Gasteiger partial charge in [-0.05, 0) is 26.0 Å². The van der Waals surface area contributed by atoms with E-state index in [9.17, 15) is 0 Å². The van der Waals surface area contributed by atoms with E-state index in [1.54, 1.807) is 12.1 Å². The summed E-state index contributed by atoms with van der Waals surface area (Å²) in [5, 5.41) is 12.5. The summed E-state index contributed by atoms with van der Waals surface area (Å²) in [6, 6.07) is 5.50. The summed E-state index contributed by atoms with van der Waals surface area (Å²) >= 11 is 1.27. The summed E-state index contributed by atoms with van der Waals surface area (Å²) < 4.78 is 4.05. The van der Waals surface area contributed by atoms with Crippen molar-refractivity contribution < 1.29 is 0 Å². The van der Waals surface area contributed by atoms with E-state index in [0.29, 0.717) is 16.5 Å². The lowest BCUT2D eigenvalue weighted by Gasteiger charge is -2.02. The smallest absolute Gasteiger partial charge is 0.208 e. The Bertz CT molecular complexity index is 555. The Hall–Kier alpha value is -2.00. The van der Waals surface area contributed by atoms with Crippen molar-refractivity contribution in [3.05, 3.63) is 29.2 Å². The fraction of sp³-hybridized carbons (Fsp3) is 0.200. The molecule has 0 radical (unpaired) electrons.